The minimum absolute atomic E-state index is 0.202. The van der Waals surface area contributed by atoms with Gasteiger partial charge in [-0.1, -0.05) is 0 Å². The molecule has 1 N–H and O–H groups in total. The van der Waals surface area contributed by atoms with Crippen molar-refractivity contribution in [2.24, 2.45) is 5.92 Å². The van der Waals surface area contributed by atoms with E-state index < -0.39 is 0 Å². The van der Waals surface area contributed by atoms with Crippen LogP contribution in [0.1, 0.15) is 38.6 Å². The molecule has 1 saturated carbocycles. The zero-order valence-corrected chi connectivity index (χ0v) is 20.1. The van der Waals surface area contributed by atoms with Crippen LogP contribution < -0.4 is 19.5 Å². The standard InChI is InChI=1S/C24H29N7O3/c1-14(2)31-24-17(11-26-31)23(27-20(29-24)8-15-6-7-15)28-21-12-30(13-25-21)16-9-18(32-3)22(34-5)19(10-16)33-4/h9-15H,6-8H2,1-5H3,(H,27,28,29). The Bertz CT molecular complexity index is 1300. The first-order chi connectivity index (χ1) is 16.5. The van der Waals surface area contributed by atoms with Crippen LogP contribution in [0.25, 0.3) is 16.7 Å². The van der Waals surface area contributed by atoms with Gasteiger partial charge in [0.1, 0.15) is 23.8 Å². The van der Waals surface area contributed by atoms with Gasteiger partial charge in [-0.25, -0.2) is 19.6 Å². The first-order valence-corrected chi connectivity index (χ1v) is 11.4. The lowest BCUT2D eigenvalue weighted by molar-refractivity contribution is 0.324. The van der Waals surface area contributed by atoms with Gasteiger partial charge in [0.15, 0.2) is 17.1 Å². The summed E-state index contributed by atoms with van der Waals surface area (Å²) in [5.41, 5.74) is 1.66. The number of methoxy groups -OCH3 is 3. The number of nitrogens with zero attached hydrogens (tertiary/aromatic N) is 6. The summed E-state index contributed by atoms with van der Waals surface area (Å²) < 4.78 is 20.2. The summed E-state index contributed by atoms with van der Waals surface area (Å²) in [6.45, 7) is 4.20. The molecule has 10 heteroatoms. The fraction of sp³-hybridized carbons (Fsp3) is 0.417. The molecule has 4 aromatic rings. The lowest BCUT2D eigenvalue weighted by Gasteiger charge is -2.14. The molecule has 178 valence electrons. The Kier molecular flexibility index (Phi) is 5.72. The number of nitrogens with one attached hydrogen (secondary N) is 1. The van der Waals surface area contributed by atoms with Gasteiger partial charge in [-0.2, -0.15) is 5.10 Å². The third kappa shape index (κ3) is 4.11. The number of aromatic nitrogens is 6. The lowest BCUT2D eigenvalue weighted by atomic mass is 10.2. The topological polar surface area (TPSA) is 101 Å². The van der Waals surface area contributed by atoms with E-state index in [-0.39, 0.29) is 6.04 Å². The van der Waals surface area contributed by atoms with Gasteiger partial charge in [0.25, 0.3) is 0 Å². The van der Waals surface area contributed by atoms with Crippen LogP contribution in [0.4, 0.5) is 11.6 Å². The van der Waals surface area contributed by atoms with Crippen LogP contribution in [0.15, 0.2) is 30.9 Å². The zero-order valence-electron chi connectivity index (χ0n) is 20.1. The van der Waals surface area contributed by atoms with E-state index in [1.54, 1.807) is 27.7 Å². The normalized spacial score (nSPS) is 13.5. The molecule has 34 heavy (non-hydrogen) atoms. The Morgan fingerprint density at radius 3 is 2.41 bits per heavy atom. The largest absolute Gasteiger partial charge is 0.493 e. The second-order valence-electron chi connectivity index (χ2n) is 8.73. The van der Waals surface area contributed by atoms with Gasteiger partial charge in [-0.05, 0) is 32.6 Å². The fourth-order valence-electron chi connectivity index (χ4n) is 3.98. The van der Waals surface area contributed by atoms with Crippen molar-refractivity contribution in [3.8, 4) is 22.9 Å². The molecular weight excluding hydrogens is 434 g/mol. The van der Waals surface area contributed by atoms with Crippen LogP contribution >= 0.6 is 0 Å². The smallest absolute Gasteiger partial charge is 0.203 e. The number of ether oxygens (including phenoxy) is 3. The number of imidazole rings is 1. The van der Waals surface area contributed by atoms with E-state index in [0.717, 1.165) is 29.0 Å². The van der Waals surface area contributed by atoms with Crippen molar-refractivity contribution < 1.29 is 14.2 Å². The van der Waals surface area contributed by atoms with Gasteiger partial charge in [0.05, 0.1) is 44.8 Å². The maximum absolute atomic E-state index is 5.48. The van der Waals surface area contributed by atoms with E-state index in [4.69, 9.17) is 24.2 Å². The third-order valence-corrected chi connectivity index (χ3v) is 5.93. The molecule has 1 aromatic carbocycles. The fourth-order valence-corrected chi connectivity index (χ4v) is 3.98. The first-order valence-electron chi connectivity index (χ1n) is 11.4. The first kappa shape index (κ1) is 22.0. The summed E-state index contributed by atoms with van der Waals surface area (Å²) in [5, 5.41) is 8.80. The van der Waals surface area contributed by atoms with Crippen molar-refractivity contribution in [1.82, 2.24) is 29.3 Å². The lowest BCUT2D eigenvalue weighted by Crippen LogP contribution is -2.07. The molecule has 0 saturated heterocycles. The summed E-state index contributed by atoms with van der Waals surface area (Å²) in [5.74, 6) is 4.57. The molecular formula is C24H29N7O3. The maximum Gasteiger partial charge on any atom is 0.203 e. The van der Waals surface area contributed by atoms with Gasteiger partial charge >= 0.3 is 0 Å². The third-order valence-electron chi connectivity index (χ3n) is 5.93. The number of benzene rings is 1. The van der Waals surface area contributed by atoms with Crippen molar-refractivity contribution in [3.05, 3.63) is 36.7 Å². The van der Waals surface area contributed by atoms with Gasteiger partial charge in [0, 0.05) is 24.6 Å². The molecule has 1 fully saturated rings. The van der Waals surface area contributed by atoms with E-state index in [9.17, 15) is 0 Å². The molecule has 1 aliphatic carbocycles. The molecule has 0 spiro atoms. The summed E-state index contributed by atoms with van der Waals surface area (Å²) in [7, 11) is 4.78. The molecule has 0 bridgehead atoms. The van der Waals surface area contributed by atoms with E-state index >= 15 is 0 Å². The minimum Gasteiger partial charge on any atom is -0.493 e. The second-order valence-corrected chi connectivity index (χ2v) is 8.73. The minimum atomic E-state index is 0.202. The van der Waals surface area contributed by atoms with Gasteiger partial charge in [-0.3, -0.25) is 0 Å². The van der Waals surface area contributed by atoms with Crippen molar-refractivity contribution in [2.75, 3.05) is 26.6 Å². The van der Waals surface area contributed by atoms with E-state index in [1.165, 1.54) is 12.8 Å². The molecule has 1 aliphatic rings. The second kappa shape index (κ2) is 8.85. The highest BCUT2D eigenvalue weighted by Gasteiger charge is 2.24. The molecule has 3 heterocycles. The van der Waals surface area contributed by atoms with Crippen LogP contribution in [-0.4, -0.2) is 50.6 Å². The summed E-state index contributed by atoms with van der Waals surface area (Å²) in [6.07, 6.45) is 8.80. The Labute approximate surface area is 197 Å². The van der Waals surface area contributed by atoms with Crippen molar-refractivity contribution in [3.63, 3.8) is 0 Å². The molecule has 3 aromatic heterocycles. The SMILES string of the molecule is COc1cc(-n2cnc(Nc3nc(CC4CC4)nc4c3cnn4C(C)C)c2)cc(OC)c1OC. The van der Waals surface area contributed by atoms with E-state index in [0.29, 0.717) is 34.8 Å². The Hall–Kier alpha value is -3.82. The molecule has 0 aliphatic heterocycles. The van der Waals surface area contributed by atoms with Crippen molar-refractivity contribution in [2.45, 2.75) is 39.2 Å². The Balaban J connectivity index is 1.50. The molecule has 0 atom stereocenters. The van der Waals surface area contributed by atoms with Gasteiger partial charge in [0.2, 0.25) is 5.75 Å². The number of rotatable bonds is 9. The molecule has 0 unspecified atom stereocenters. The van der Waals surface area contributed by atoms with Crippen LogP contribution in [0.2, 0.25) is 0 Å². The molecule has 10 nitrogen and oxygen atoms in total. The predicted molar refractivity (Wildman–Crippen MR) is 129 cm³/mol. The van der Waals surface area contributed by atoms with Crippen LogP contribution in [0.5, 0.6) is 17.2 Å². The quantitative estimate of drug-likeness (QED) is 0.392. The molecule has 5 rings (SSSR count). The Morgan fingerprint density at radius 2 is 1.79 bits per heavy atom. The summed E-state index contributed by atoms with van der Waals surface area (Å²) in [6, 6.07) is 3.94. The number of anilines is 2. The molecule has 0 radical (unpaired) electrons. The van der Waals surface area contributed by atoms with E-state index in [2.05, 4.69) is 29.2 Å². The zero-order chi connectivity index (χ0) is 23.8. The van der Waals surface area contributed by atoms with Crippen LogP contribution in [0.3, 0.4) is 0 Å². The highest BCUT2D eigenvalue weighted by molar-refractivity contribution is 5.88. The Morgan fingerprint density at radius 1 is 1.06 bits per heavy atom. The average molecular weight is 464 g/mol. The van der Waals surface area contributed by atoms with E-state index in [1.807, 2.05) is 33.8 Å². The van der Waals surface area contributed by atoms with Crippen molar-refractivity contribution in [1.29, 1.82) is 0 Å². The summed E-state index contributed by atoms with van der Waals surface area (Å²) >= 11 is 0. The highest BCUT2D eigenvalue weighted by atomic mass is 16.5. The number of fused-ring (bicyclic) bond motifs is 1. The van der Waals surface area contributed by atoms with Crippen molar-refractivity contribution >= 4 is 22.7 Å². The average Bonchev–Trinajstić information content (AvgIpc) is 3.34. The van der Waals surface area contributed by atoms with Gasteiger partial charge in [-0.15, -0.1) is 0 Å². The summed E-state index contributed by atoms with van der Waals surface area (Å²) in [4.78, 5) is 14.2. The number of hydrogen-bond donors (Lipinski definition) is 1. The van der Waals surface area contributed by atoms with Crippen LogP contribution in [-0.2, 0) is 6.42 Å². The monoisotopic (exact) mass is 463 g/mol. The maximum atomic E-state index is 5.48. The highest BCUT2D eigenvalue weighted by Crippen LogP contribution is 2.39. The van der Waals surface area contributed by atoms with Crippen LogP contribution in [0, 0.1) is 5.92 Å². The number of hydrogen-bond acceptors (Lipinski definition) is 8. The van der Waals surface area contributed by atoms with Gasteiger partial charge < -0.3 is 24.1 Å². The molecule has 0 amide bonds. The predicted octanol–water partition coefficient (Wildman–Crippen LogP) is 4.31.